The first kappa shape index (κ1) is 32.5. The topological polar surface area (TPSA) is 124 Å². The third kappa shape index (κ3) is 10.8. The minimum Gasteiger partial charge on any atom is -0.343 e. The molecule has 0 heterocycles. The van der Waals surface area contributed by atoms with Crippen molar-refractivity contribution in [3.8, 4) is 0 Å². The zero-order valence-corrected chi connectivity index (χ0v) is 23.9. The SMILES string of the molecule is CCCN(C(C)=O)[C@@H](C)C(=O)N[C@@H](C)P(=O)(O)CN(C(=O)CCCc1ccccc1)[C@H](C=O)CC(C)C. The summed E-state index contributed by atoms with van der Waals surface area (Å²) in [6.07, 6.45) is 2.45. The molecule has 0 saturated carbocycles. The van der Waals surface area contributed by atoms with Crippen molar-refractivity contribution in [2.24, 2.45) is 5.92 Å². The zero-order valence-electron chi connectivity index (χ0n) is 23.1. The largest absolute Gasteiger partial charge is 0.343 e. The number of nitrogens with one attached hydrogen (secondary N) is 1. The van der Waals surface area contributed by atoms with Crippen molar-refractivity contribution in [2.45, 2.75) is 91.5 Å². The highest BCUT2D eigenvalue weighted by Crippen LogP contribution is 2.46. The Balaban J connectivity index is 2.99. The lowest BCUT2D eigenvalue weighted by atomic mass is 10.0. The zero-order chi connectivity index (χ0) is 28.2. The summed E-state index contributed by atoms with van der Waals surface area (Å²) in [5, 5.41) is 2.55. The van der Waals surface area contributed by atoms with Gasteiger partial charge in [0.25, 0.3) is 0 Å². The first-order valence-corrected chi connectivity index (χ1v) is 14.9. The Morgan fingerprint density at radius 1 is 1.08 bits per heavy atom. The van der Waals surface area contributed by atoms with Crippen LogP contribution in [0, 0.1) is 5.92 Å². The van der Waals surface area contributed by atoms with E-state index in [4.69, 9.17) is 0 Å². The molecule has 2 N–H and O–H groups in total. The number of carbonyl (C=O) groups is 4. The minimum absolute atomic E-state index is 0.0852. The second-order valence-electron chi connectivity index (χ2n) is 10.0. The second-order valence-corrected chi connectivity index (χ2v) is 12.6. The standard InChI is InChI=1S/C27H44N3O6P/c1-7-16-29(23(6)32)21(4)27(34)28-22(5)37(35,36)19-30(25(18-31)17-20(2)3)26(33)15-11-14-24-12-9-8-10-13-24/h8-10,12-13,18,20-22,25H,7,11,14-17,19H2,1-6H3,(H,28,34)(H,35,36)/t21-,22+,25-/m0/s1. The summed E-state index contributed by atoms with van der Waals surface area (Å²) in [6.45, 7) is 10.4. The lowest BCUT2D eigenvalue weighted by molar-refractivity contribution is -0.138. The van der Waals surface area contributed by atoms with Crippen LogP contribution in [0.25, 0.3) is 0 Å². The van der Waals surface area contributed by atoms with E-state index in [1.165, 1.54) is 23.6 Å². The number of rotatable bonds is 16. The van der Waals surface area contributed by atoms with E-state index in [1.807, 2.05) is 51.1 Å². The number of aldehydes is 1. The van der Waals surface area contributed by atoms with E-state index in [2.05, 4.69) is 5.32 Å². The summed E-state index contributed by atoms with van der Waals surface area (Å²) < 4.78 is 13.4. The van der Waals surface area contributed by atoms with Crippen LogP contribution in [0.1, 0.15) is 72.8 Å². The predicted octanol–water partition coefficient (Wildman–Crippen LogP) is 3.79. The Morgan fingerprint density at radius 3 is 2.22 bits per heavy atom. The lowest BCUT2D eigenvalue weighted by Crippen LogP contribution is -2.50. The number of aryl methyl sites for hydroxylation is 1. The van der Waals surface area contributed by atoms with Gasteiger partial charge in [-0.2, -0.15) is 0 Å². The molecule has 0 bridgehead atoms. The van der Waals surface area contributed by atoms with E-state index in [1.54, 1.807) is 6.92 Å². The van der Waals surface area contributed by atoms with Gasteiger partial charge < -0.3 is 24.8 Å². The summed E-state index contributed by atoms with van der Waals surface area (Å²) in [6, 6.07) is 8.03. The molecule has 208 valence electrons. The number of amides is 3. The van der Waals surface area contributed by atoms with Gasteiger partial charge in [-0.3, -0.25) is 18.9 Å². The summed E-state index contributed by atoms with van der Waals surface area (Å²) in [5.41, 5.74) is 1.08. The van der Waals surface area contributed by atoms with Crippen LogP contribution in [0.5, 0.6) is 0 Å². The molecule has 10 heteroatoms. The molecule has 1 aromatic carbocycles. The molecule has 0 saturated heterocycles. The molecule has 0 aromatic heterocycles. The van der Waals surface area contributed by atoms with E-state index in [0.29, 0.717) is 38.5 Å². The molecule has 4 atom stereocenters. The first-order valence-electron chi connectivity index (χ1n) is 13.0. The quantitative estimate of drug-likeness (QED) is 0.244. The smallest absolute Gasteiger partial charge is 0.243 e. The molecule has 1 unspecified atom stereocenters. The molecule has 1 aromatic rings. The van der Waals surface area contributed by atoms with Crippen LogP contribution < -0.4 is 5.32 Å². The summed E-state index contributed by atoms with van der Waals surface area (Å²) in [4.78, 5) is 63.3. The maximum atomic E-state index is 13.4. The van der Waals surface area contributed by atoms with E-state index < -0.39 is 37.4 Å². The van der Waals surface area contributed by atoms with Crippen molar-refractivity contribution in [2.75, 3.05) is 12.8 Å². The van der Waals surface area contributed by atoms with Gasteiger partial charge in [-0.1, -0.05) is 51.1 Å². The highest BCUT2D eigenvalue weighted by molar-refractivity contribution is 7.58. The van der Waals surface area contributed by atoms with Gasteiger partial charge in [-0.15, -0.1) is 0 Å². The molecule has 0 aliphatic heterocycles. The van der Waals surface area contributed by atoms with Crippen molar-refractivity contribution >= 4 is 31.4 Å². The van der Waals surface area contributed by atoms with Gasteiger partial charge in [-0.05, 0) is 51.0 Å². The molecule has 1 rings (SSSR count). The van der Waals surface area contributed by atoms with Gasteiger partial charge in [0, 0.05) is 19.9 Å². The van der Waals surface area contributed by atoms with Crippen LogP contribution >= 0.6 is 7.37 Å². The van der Waals surface area contributed by atoms with Crippen LogP contribution in [-0.4, -0.2) is 69.4 Å². The average Bonchev–Trinajstić information content (AvgIpc) is 2.84. The van der Waals surface area contributed by atoms with Gasteiger partial charge in [0.2, 0.25) is 25.1 Å². The van der Waals surface area contributed by atoms with E-state index in [-0.39, 0.29) is 24.2 Å². The molecule has 0 radical (unpaired) electrons. The highest BCUT2D eigenvalue weighted by Gasteiger charge is 2.37. The summed E-state index contributed by atoms with van der Waals surface area (Å²) in [7, 11) is -4.15. The normalized spacial score (nSPS) is 15.2. The molecule has 3 amide bonds. The van der Waals surface area contributed by atoms with Crippen LogP contribution in [0.15, 0.2) is 30.3 Å². The Kier molecular flexibility index (Phi) is 13.8. The van der Waals surface area contributed by atoms with E-state index in [9.17, 15) is 28.6 Å². The van der Waals surface area contributed by atoms with Gasteiger partial charge in [0.05, 0.1) is 12.3 Å². The van der Waals surface area contributed by atoms with Crippen LogP contribution in [-0.2, 0) is 30.2 Å². The molecule has 37 heavy (non-hydrogen) atoms. The fourth-order valence-corrected chi connectivity index (χ4v) is 5.49. The third-order valence-electron chi connectivity index (χ3n) is 6.32. The van der Waals surface area contributed by atoms with Gasteiger partial charge in [0.1, 0.15) is 18.1 Å². The van der Waals surface area contributed by atoms with Crippen molar-refractivity contribution < 1.29 is 28.6 Å². The monoisotopic (exact) mass is 537 g/mol. The molecule has 0 spiro atoms. The summed E-state index contributed by atoms with van der Waals surface area (Å²) >= 11 is 0. The predicted molar refractivity (Wildman–Crippen MR) is 145 cm³/mol. The van der Waals surface area contributed by atoms with Crippen molar-refractivity contribution in [3.05, 3.63) is 35.9 Å². The average molecular weight is 538 g/mol. The molecule has 0 fully saturated rings. The number of benzene rings is 1. The maximum Gasteiger partial charge on any atom is 0.243 e. The Bertz CT molecular complexity index is 939. The van der Waals surface area contributed by atoms with Crippen molar-refractivity contribution in [1.29, 1.82) is 0 Å². The van der Waals surface area contributed by atoms with Crippen LogP contribution in [0.3, 0.4) is 0 Å². The first-order chi connectivity index (χ1) is 17.3. The molecule has 0 aliphatic rings. The fourth-order valence-electron chi connectivity index (χ4n) is 4.11. The third-order valence-corrected chi connectivity index (χ3v) is 8.37. The Labute approximate surface area is 221 Å². The number of carbonyl (C=O) groups excluding carboxylic acids is 4. The van der Waals surface area contributed by atoms with Crippen molar-refractivity contribution in [3.63, 3.8) is 0 Å². The number of nitrogens with zero attached hydrogens (tertiary/aromatic N) is 2. The maximum absolute atomic E-state index is 13.4. The summed E-state index contributed by atoms with van der Waals surface area (Å²) in [5.74, 6) is -2.29. The number of hydrogen-bond donors (Lipinski definition) is 2. The highest BCUT2D eigenvalue weighted by atomic mass is 31.2. The fraction of sp³-hybridized carbons (Fsp3) is 0.630. The van der Waals surface area contributed by atoms with Gasteiger partial charge in [-0.25, -0.2) is 0 Å². The Hall–Kier alpha value is -2.51. The Morgan fingerprint density at radius 2 is 1.70 bits per heavy atom. The van der Waals surface area contributed by atoms with E-state index >= 15 is 0 Å². The molecule has 9 nitrogen and oxygen atoms in total. The van der Waals surface area contributed by atoms with Gasteiger partial charge in [0.15, 0.2) is 0 Å². The minimum atomic E-state index is -4.15. The lowest BCUT2D eigenvalue weighted by Gasteiger charge is -2.34. The van der Waals surface area contributed by atoms with Crippen LogP contribution in [0.4, 0.5) is 0 Å². The van der Waals surface area contributed by atoms with Crippen LogP contribution in [0.2, 0.25) is 0 Å². The van der Waals surface area contributed by atoms with E-state index in [0.717, 1.165) is 5.56 Å². The second kappa shape index (κ2) is 15.7. The molecular formula is C27H44N3O6P. The molecule has 0 aliphatic carbocycles. The molecular weight excluding hydrogens is 493 g/mol. The number of hydrogen-bond acceptors (Lipinski definition) is 5. The van der Waals surface area contributed by atoms with Crippen molar-refractivity contribution in [1.82, 2.24) is 15.1 Å². The van der Waals surface area contributed by atoms with Gasteiger partial charge >= 0.3 is 0 Å².